The van der Waals surface area contributed by atoms with Crippen molar-refractivity contribution in [2.45, 2.75) is 38.6 Å². The van der Waals surface area contributed by atoms with Crippen LogP contribution in [0.25, 0.3) is 22.3 Å². The molecule has 11 heteroatoms. The van der Waals surface area contributed by atoms with E-state index in [0.29, 0.717) is 31.8 Å². The first-order valence-electron chi connectivity index (χ1n) is 13.7. The van der Waals surface area contributed by atoms with Crippen molar-refractivity contribution in [1.82, 2.24) is 29.6 Å². The molecule has 0 unspecified atom stereocenters. The summed E-state index contributed by atoms with van der Waals surface area (Å²) >= 11 is 0. The summed E-state index contributed by atoms with van der Waals surface area (Å²) in [5.74, 6) is 0.982. The van der Waals surface area contributed by atoms with Crippen LogP contribution in [0.3, 0.4) is 0 Å². The smallest absolute Gasteiger partial charge is 0.251 e. The Balaban J connectivity index is 1.30. The molecule has 5 rings (SSSR count). The zero-order valence-corrected chi connectivity index (χ0v) is 25.2. The Kier molecular flexibility index (Phi) is 8.07. The fourth-order valence-electron chi connectivity index (χ4n) is 5.02. The van der Waals surface area contributed by atoms with Gasteiger partial charge in [-0.25, -0.2) is 20.0 Å². The van der Waals surface area contributed by atoms with Gasteiger partial charge >= 0.3 is 0 Å². The van der Waals surface area contributed by atoms with Gasteiger partial charge in [0.25, 0.3) is 5.91 Å². The third kappa shape index (κ3) is 6.24. The van der Waals surface area contributed by atoms with E-state index in [9.17, 15) is 10.1 Å². The van der Waals surface area contributed by atoms with E-state index >= 15 is 0 Å². The highest BCUT2D eigenvalue weighted by atomic mass is 32.3. The van der Waals surface area contributed by atoms with E-state index in [1.807, 2.05) is 72.0 Å². The van der Waals surface area contributed by atoms with Crippen molar-refractivity contribution in [2.24, 2.45) is 0 Å². The Morgan fingerprint density at radius 3 is 2.61 bits per heavy atom. The van der Waals surface area contributed by atoms with Gasteiger partial charge < -0.3 is 19.5 Å². The summed E-state index contributed by atoms with van der Waals surface area (Å²) in [5.41, 5.74) is 3.70. The number of hydrogen-bond donors (Lipinski definition) is 1. The summed E-state index contributed by atoms with van der Waals surface area (Å²) in [5, 5.41) is 18.2. The van der Waals surface area contributed by atoms with Gasteiger partial charge in [0, 0.05) is 59.5 Å². The van der Waals surface area contributed by atoms with Crippen molar-refractivity contribution >= 4 is 32.7 Å². The predicted molar refractivity (Wildman–Crippen MR) is 164 cm³/mol. The van der Waals surface area contributed by atoms with E-state index in [2.05, 4.69) is 45.0 Å². The highest BCUT2D eigenvalue weighted by Gasteiger charge is 2.45. The first-order chi connectivity index (χ1) is 19.6. The van der Waals surface area contributed by atoms with Crippen molar-refractivity contribution in [2.75, 3.05) is 49.1 Å². The fourth-order valence-corrected chi connectivity index (χ4v) is 5.63. The molecule has 1 amide bonds. The summed E-state index contributed by atoms with van der Waals surface area (Å²) in [4.78, 5) is 23.6. The van der Waals surface area contributed by atoms with Gasteiger partial charge in [-0.1, -0.05) is 0 Å². The molecule has 41 heavy (non-hydrogen) atoms. The lowest BCUT2D eigenvalue weighted by Crippen LogP contribution is -2.63. The Bertz CT molecular complexity index is 1560. The number of nitriles is 1. The van der Waals surface area contributed by atoms with E-state index < -0.39 is 15.6 Å². The first-order valence-corrected chi connectivity index (χ1v) is 16.7. The van der Waals surface area contributed by atoms with Gasteiger partial charge in [0.05, 0.1) is 31.0 Å². The second-order valence-electron chi connectivity index (χ2n) is 11.8. The van der Waals surface area contributed by atoms with Gasteiger partial charge in [-0.2, -0.15) is 10.4 Å². The summed E-state index contributed by atoms with van der Waals surface area (Å²) in [6, 6.07) is 12.0. The monoisotopic (exact) mass is 574 g/mol. The molecule has 0 aliphatic carbocycles. The van der Waals surface area contributed by atoms with Crippen LogP contribution in [0, 0.1) is 11.3 Å². The third-order valence-electron chi connectivity index (χ3n) is 7.26. The van der Waals surface area contributed by atoms with Gasteiger partial charge in [0.1, 0.15) is 24.2 Å². The van der Waals surface area contributed by atoms with Gasteiger partial charge in [-0.3, -0.25) is 9.48 Å². The number of nitrogens with zero attached hydrogens (tertiary/aromatic N) is 7. The average molecular weight is 575 g/mol. The van der Waals surface area contributed by atoms with Crippen LogP contribution in [0.1, 0.15) is 30.6 Å². The number of fused-ring (bicyclic) bond motifs is 1. The molecule has 0 radical (unpaired) electrons. The highest BCUT2D eigenvalue weighted by molar-refractivity contribution is 8.32. The molecule has 1 saturated heterocycles. The molecule has 4 aromatic rings. The Hall–Kier alpha value is -3.88. The van der Waals surface area contributed by atoms with Crippen molar-refractivity contribution in [3.63, 3.8) is 0 Å². The number of anilines is 1. The van der Waals surface area contributed by atoms with E-state index in [-0.39, 0.29) is 11.9 Å². The second-order valence-corrected chi connectivity index (χ2v) is 16.4. The molecule has 1 aliphatic rings. The second kappa shape index (κ2) is 11.5. The molecule has 0 atom stereocenters. The lowest BCUT2D eigenvalue weighted by Gasteiger charge is -2.50. The largest absolute Gasteiger partial charge is 0.366 e. The zero-order chi connectivity index (χ0) is 29.2. The molecular weight excluding hydrogens is 536 g/mol. The maximum absolute atomic E-state index is 12.3. The summed E-state index contributed by atoms with van der Waals surface area (Å²) < 4.78 is 9.85. The van der Waals surface area contributed by atoms with Crippen molar-refractivity contribution in [3.8, 4) is 17.3 Å². The van der Waals surface area contributed by atoms with Crippen LogP contribution >= 0.6 is 10.0 Å². The lowest BCUT2D eigenvalue weighted by molar-refractivity contribution is 0.0923. The number of ether oxygens (including phenoxy) is 1. The number of amides is 1. The first kappa shape index (κ1) is 28.6. The van der Waals surface area contributed by atoms with Gasteiger partial charge in [-0.05, 0) is 62.9 Å². The topological polar surface area (TPSA) is 114 Å². The third-order valence-corrected chi connectivity index (χ3v) is 8.65. The van der Waals surface area contributed by atoms with Crippen LogP contribution < -0.4 is 10.2 Å². The number of aromatic nitrogens is 5. The van der Waals surface area contributed by atoms with Crippen molar-refractivity contribution in [3.05, 3.63) is 60.8 Å². The summed E-state index contributed by atoms with van der Waals surface area (Å²) in [6.07, 6.45) is 14.5. The molecule has 1 aliphatic heterocycles. The Labute approximate surface area is 242 Å². The maximum atomic E-state index is 12.3. The molecule has 0 saturated carbocycles. The predicted octanol–water partition coefficient (Wildman–Crippen LogP) is 4.23. The number of hydrogen-bond acceptors (Lipinski definition) is 7. The maximum Gasteiger partial charge on any atom is 0.251 e. The number of nitrogens with one attached hydrogen (secondary N) is 1. The Morgan fingerprint density at radius 1 is 1.17 bits per heavy atom. The number of benzene rings is 1. The van der Waals surface area contributed by atoms with Crippen LogP contribution in [-0.4, -0.2) is 80.5 Å². The highest BCUT2D eigenvalue weighted by Crippen LogP contribution is 2.37. The van der Waals surface area contributed by atoms with E-state index in [4.69, 9.17) is 9.84 Å². The molecule has 10 nitrogen and oxygen atoms in total. The van der Waals surface area contributed by atoms with Crippen LogP contribution in [0.5, 0.6) is 0 Å². The standard InChI is InChI=1S/C30H38N8O2S/c1-22(2)35-29(39)23-6-8-25(9-7-23)37-18-30(19-37,11-12-31)38-17-24(16-34-38)27-26-10-13-36(28(26)33-20-32-27)21-40-14-15-41(3,4)5/h6-10,13,16-17,20,22H,11,14-15,18-19,21H2,1-5H3,(H,35,39). The molecule has 1 N–H and O–H groups in total. The molecule has 216 valence electrons. The van der Waals surface area contributed by atoms with Crippen molar-refractivity contribution < 1.29 is 9.53 Å². The van der Waals surface area contributed by atoms with Crippen LogP contribution in [0.4, 0.5) is 5.69 Å². The minimum absolute atomic E-state index is 0.0822. The van der Waals surface area contributed by atoms with Gasteiger partial charge in [0.2, 0.25) is 0 Å². The zero-order valence-electron chi connectivity index (χ0n) is 24.4. The molecule has 1 aromatic carbocycles. The molecule has 1 fully saturated rings. The molecule has 3 aromatic heterocycles. The minimum Gasteiger partial charge on any atom is -0.366 e. The molecule has 0 bridgehead atoms. The van der Waals surface area contributed by atoms with Crippen LogP contribution in [0.2, 0.25) is 0 Å². The lowest BCUT2D eigenvalue weighted by atomic mass is 9.86. The number of carbonyl (C=O) groups is 1. The average Bonchev–Trinajstić information content (AvgIpc) is 3.56. The quantitative estimate of drug-likeness (QED) is 0.267. The van der Waals surface area contributed by atoms with Gasteiger partial charge in [0.15, 0.2) is 0 Å². The minimum atomic E-state index is -0.597. The normalized spacial score (nSPS) is 15.1. The number of carbonyl (C=O) groups excluding carboxylic acids is 1. The Morgan fingerprint density at radius 2 is 1.93 bits per heavy atom. The van der Waals surface area contributed by atoms with E-state index in [1.54, 1.807) is 6.33 Å². The fraction of sp³-hybridized carbons (Fsp3) is 0.433. The van der Waals surface area contributed by atoms with Crippen LogP contribution in [0.15, 0.2) is 55.2 Å². The molecular formula is C30H38N8O2S. The number of rotatable bonds is 11. The molecule has 4 heterocycles. The van der Waals surface area contributed by atoms with E-state index in [0.717, 1.165) is 40.3 Å². The summed E-state index contributed by atoms with van der Waals surface area (Å²) in [6.45, 7) is 6.33. The van der Waals surface area contributed by atoms with Gasteiger partial charge in [-0.15, -0.1) is 0 Å². The van der Waals surface area contributed by atoms with Crippen molar-refractivity contribution in [1.29, 1.82) is 5.26 Å². The van der Waals surface area contributed by atoms with Crippen LogP contribution in [-0.2, 0) is 17.0 Å². The summed E-state index contributed by atoms with van der Waals surface area (Å²) in [7, 11) is -0.597. The molecule has 0 spiro atoms. The van der Waals surface area contributed by atoms with E-state index in [1.165, 1.54) is 0 Å². The SMILES string of the molecule is CC(C)NC(=O)c1ccc(N2CC(CC#N)(n3cc(-c4ncnc5c4ccn5COCCS(C)(C)C)cn3)C2)cc1.